The van der Waals surface area contributed by atoms with Gasteiger partial charge in [0.05, 0.1) is 18.8 Å². The molecule has 220 valence electrons. The van der Waals surface area contributed by atoms with Crippen LogP contribution in [-0.2, 0) is 29.1 Å². The van der Waals surface area contributed by atoms with Crippen molar-refractivity contribution in [3.63, 3.8) is 0 Å². The normalized spacial score (nSPS) is 11.7. The van der Waals surface area contributed by atoms with Gasteiger partial charge in [-0.15, -0.1) is 0 Å². The highest BCUT2D eigenvalue weighted by molar-refractivity contribution is 5.89. The maximum absolute atomic E-state index is 14.0. The maximum Gasteiger partial charge on any atom is 0.415 e. The van der Waals surface area contributed by atoms with Crippen LogP contribution in [0.5, 0.6) is 0 Å². The Hall–Kier alpha value is -4.08. The molecule has 6 nitrogen and oxygen atoms in total. The average Bonchev–Trinajstić information content (AvgIpc) is 2.85. The van der Waals surface area contributed by atoms with Crippen molar-refractivity contribution in [3.05, 3.63) is 101 Å². The van der Waals surface area contributed by atoms with Crippen molar-refractivity contribution in [2.24, 2.45) is 0 Å². The fourth-order valence-corrected chi connectivity index (χ4v) is 3.87. The van der Waals surface area contributed by atoms with Crippen molar-refractivity contribution in [1.82, 2.24) is 4.90 Å². The monoisotopic (exact) mass is 574 g/mol. The molecule has 0 bridgehead atoms. The number of anilines is 1. The lowest BCUT2D eigenvalue weighted by Crippen LogP contribution is -2.38. The van der Waals surface area contributed by atoms with Crippen LogP contribution >= 0.6 is 0 Å². The Morgan fingerprint density at radius 2 is 1.12 bits per heavy atom. The van der Waals surface area contributed by atoms with Crippen LogP contribution in [0.2, 0.25) is 0 Å². The second-order valence-electron chi connectivity index (χ2n) is 11.5. The molecule has 2 amide bonds. The summed E-state index contributed by atoms with van der Waals surface area (Å²) in [5.41, 5.74) is -0.279. The Bertz CT molecular complexity index is 1400. The molecule has 3 aromatic rings. The van der Waals surface area contributed by atoms with Gasteiger partial charge in [0.1, 0.15) is 11.2 Å². The number of ether oxygens (including phenoxy) is 2. The van der Waals surface area contributed by atoms with E-state index in [1.807, 2.05) is 0 Å². The molecule has 0 heterocycles. The summed E-state index contributed by atoms with van der Waals surface area (Å²) in [4.78, 5) is 29.2. The molecule has 3 aromatic carbocycles. The van der Waals surface area contributed by atoms with Crippen LogP contribution in [0.1, 0.15) is 58.2 Å². The molecule has 3 rings (SSSR count). The Morgan fingerprint density at radius 1 is 0.634 bits per heavy atom. The molecule has 0 unspecified atom stereocenters. The fraction of sp³-hybridized carbons (Fsp3) is 0.355. The molecule has 0 fully saturated rings. The Labute approximate surface area is 237 Å². The summed E-state index contributed by atoms with van der Waals surface area (Å²) in [6, 6.07) is 13.3. The van der Waals surface area contributed by atoms with E-state index >= 15 is 0 Å². The second-order valence-corrected chi connectivity index (χ2v) is 11.5. The molecular weight excluding hydrogens is 540 g/mol. The molecule has 10 heteroatoms. The standard InChI is InChI=1S/C31H34F4N2O4/c1-30(2,3)40-28(38)36(17-20-11-13-23(32)25(34)15-20)19-22-9-7-8-10-27(22)37(29(39)41-31(4,5)6)18-21-12-14-24(33)26(35)16-21/h7-16H,17-19H2,1-6H3. The van der Waals surface area contributed by atoms with Gasteiger partial charge >= 0.3 is 12.2 Å². The van der Waals surface area contributed by atoms with Gasteiger partial charge in [0.2, 0.25) is 0 Å². The highest BCUT2D eigenvalue weighted by Crippen LogP contribution is 2.28. The smallest absolute Gasteiger partial charge is 0.415 e. The fourth-order valence-electron chi connectivity index (χ4n) is 3.87. The highest BCUT2D eigenvalue weighted by atomic mass is 19.2. The zero-order valence-corrected chi connectivity index (χ0v) is 23.9. The van der Waals surface area contributed by atoms with E-state index in [-0.39, 0.29) is 19.6 Å². The number of hydrogen-bond acceptors (Lipinski definition) is 4. The predicted octanol–water partition coefficient (Wildman–Crippen LogP) is 8.12. The van der Waals surface area contributed by atoms with Crippen molar-refractivity contribution in [2.45, 2.75) is 72.4 Å². The van der Waals surface area contributed by atoms with E-state index in [1.54, 1.807) is 65.8 Å². The number of para-hydroxylation sites is 1. The van der Waals surface area contributed by atoms with Gasteiger partial charge in [0, 0.05) is 6.54 Å². The van der Waals surface area contributed by atoms with Gasteiger partial charge in [-0.05, 0) is 88.6 Å². The molecule has 0 aliphatic carbocycles. The van der Waals surface area contributed by atoms with Gasteiger partial charge in [-0.25, -0.2) is 27.2 Å². The molecule has 0 aliphatic heterocycles. The number of halogens is 4. The summed E-state index contributed by atoms with van der Waals surface area (Å²) in [5, 5.41) is 0. The van der Waals surface area contributed by atoms with Crippen LogP contribution < -0.4 is 4.90 Å². The van der Waals surface area contributed by atoms with Crippen molar-refractivity contribution >= 4 is 17.9 Å². The van der Waals surface area contributed by atoms with Crippen LogP contribution in [0.15, 0.2) is 60.7 Å². The van der Waals surface area contributed by atoms with Crippen molar-refractivity contribution in [2.75, 3.05) is 4.90 Å². The van der Waals surface area contributed by atoms with Gasteiger partial charge in [0.15, 0.2) is 23.3 Å². The summed E-state index contributed by atoms with van der Waals surface area (Å²) in [6.07, 6.45) is -1.47. The van der Waals surface area contributed by atoms with Crippen LogP contribution in [0, 0.1) is 23.3 Å². The summed E-state index contributed by atoms with van der Waals surface area (Å²) in [7, 11) is 0. The number of amides is 2. The van der Waals surface area contributed by atoms with Crippen LogP contribution in [0.3, 0.4) is 0 Å². The number of carbonyl (C=O) groups excluding carboxylic acids is 2. The molecule has 0 radical (unpaired) electrons. The van der Waals surface area contributed by atoms with Gasteiger partial charge in [-0.1, -0.05) is 30.3 Å². The SMILES string of the molecule is CC(C)(C)OC(=O)N(Cc1ccc(F)c(F)c1)Cc1ccccc1N(Cc1ccc(F)c(F)c1)C(=O)OC(C)(C)C. The summed E-state index contributed by atoms with van der Waals surface area (Å²) >= 11 is 0. The number of hydrogen-bond donors (Lipinski definition) is 0. The number of nitrogens with zero attached hydrogens (tertiary/aromatic N) is 2. The van der Waals surface area contributed by atoms with E-state index in [0.717, 1.165) is 24.3 Å². The molecular formula is C31H34F4N2O4. The molecule has 0 spiro atoms. The van der Waals surface area contributed by atoms with Gasteiger partial charge in [-0.3, -0.25) is 9.80 Å². The van der Waals surface area contributed by atoms with E-state index in [1.165, 1.54) is 21.9 Å². The van der Waals surface area contributed by atoms with Crippen molar-refractivity contribution in [3.8, 4) is 0 Å². The van der Waals surface area contributed by atoms with Crippen LogP contribution in [0.25, 0.3) is 0 Å². The van der Waals surface area contributed by atoms with E-state index in [9.17, 15) is 27.2 Å². The zero-order valence-electron chi connectivity index (χ0n) is 23.9. The minimum absolute atomic E-state index is 0.0961. The van der Waals surface area contributed by atoms with Gasteiger partial charge < -0.3 is 9.47 Å². The highest BCUT2D eigenvalue weighted by Gasteiger charge is 2.28. The second kappa shape index (κ2) is 12.6. The lowest BCUT2D eigenvalue weighted by atomic mass is 10.1. The first-order chi connectivity index (χ1) is 19.0. The molecule has 0 atom stereocenters. The van der Waals surface area contributed by atoms with Gasteiger partial charge in [-0.2, -0.15) is 0 Å². The number of carbonyl (C=O) groups is 2. The number of benzene rings is 3. The largest absolute Gasteiger partial charge is 0.444 e. The first-order valence-corrected chi connectivity index (χ1v) is 13.0. The van der Waals surface area contributed by atoms with Crippen molar-refractivity contribution in [1.29, 1.82) is 0 Å². The Kier molecular flexibility index (Phi) is 9.68. The minimum Gasteiger partial charge on any atom is -0.444 e. The van der Waals surface area contributed by atoms with E-state index < -0.39 is 46.7 Å². The Balaban J connectivity index is 2.04. The van der Waals surface area contributed by atoms with E-state index in [4.69, 9.17) is 9.47 Å². The predicted molar refractivity (Wildman–Crippen MR) is 147 cm³/mol. The average molecular weight is 575 g/mol. The number of rotatable bonds is 7. The summed E-state index contributed by atoms with van der Waals surface area (Å²) in [6.45, 7) is 9.77. The third-order valence-electron chi connectivity index (χ3n) is 5.59. The molecule has 41 heavy (non-hydrogen) atoms. The van der Waals surface area contributed by atoms with Crippen LogP contribution in [0.4, 0.5) is 32.8 Å². The van der Waals surface area contributed by atoms with Crippen LogP contribution in [-0.4, -0.2) is 28.3 Å². The van der Waals surface area contributed by atoms with Gasteiger partial charge in [0.25, 0.3) is 0 Å². The molecule has 0 N–H and O–H groups in total. The van der Waals surface area contributed by atoms with E-state index in [0.29, 0.717) is 22.4 Å². The third-order valence-corrected chi connectivity index (χ3v) is 5.59. The first kappa shape index (κ1) is 31.4. The molecule has 0 aromatic heterocycles. The molecule has 0 aliphatic rings. The summed E-state index contributed by atoms with van der Waals surface area (Å²) in [5.74, 6) is -4.17. The zero-order chi connectivity index (χ0) is 30.5. The maximum atomic E-state index is 14.0. The quantitative estimate of drug-likeness (QED) is 0.268. The lowest BCUT2D eigenvalue weighted by Gasteiger charge is -2.31. The topological polar surface area (TPSA) is 59.1 Å². The Morgan fingerprint density at radius 3 is 1.63 bits per heavy atom. The first-order valence-electron chi connectivity index (χ1n) is 13.0. The third kappa shape index (κ3) is 9.23. The minimum atomic E-state index is -1.07. The molecule has 0 saturated carbocycles. The van der Waals surface area contributed by atoms with Crippen molar-refractivity contribution < 1.29 is 36.6 Å². The lowest BCUT2D eigenvalue weighted by molar-refractivity contribution is 0.0216. The molecule has 0 saturated heterocycles. The van der Waals surface area contributed by atoms with E-state index in [2.05, 4.69) is 0 Å². The summed E-state index contributed by atoms with van der Waals surface area (Å²) < 4.78 is 66.3.